The predicted molar refractivity (Wildman–Crippen MR) is 75.8 cm³/mol. The van der Waals surface area contributed by atoms with Gasteiger partial charge in [0.05, 0.1) is 3.79 Å². The molecule has 0 aliphatic carbocycles. The molecule has 0 saturated heterocycles. The van der Waals surface area contributed by atoms with E-state index in [0.29, 0.717) is 12.0 Å². The summed E-state index contributed by atoms with van der Waals surface area (Å²) in [4.78, 5) is 3.73. The van der Waals surface area contributed by atoms with Crippen molar-refractivity contribution in [3.63, 3.8) is 0 Å². The standard InChI is InChI=1S/C12H21BrN2S/c1-9(2)11(14)6-7-15(3)8-10-4-5-12(13)16-10/h4-5,9,11H,6-8,14H2,1-3H3. The third kappa shape index (κ3) is 4.95. The Morgan fingerprint density at radius 3 is 2.62 bits per heavy atom. The zero-order valence-corrected chi connectivity index (χ0v) is 12.6. The summed E-state index contributed by atoms with van der Waals surface area (Å²) in [5, 5.41) is 0. The second-order valence-corrected chi connectivity index (χ2v) is 7.19. The van der Waals surface area contributed by atoms with Crippen molar-refractivity contribution in [2.45, 2.75) is 32.9 Å². The lowest BCUT2D eigenvalue weighted by atomic mass is 10.0. The minimum Gasteiger partial charge on any atom is -0.327 e. The molecular formula is C12H21BrN2S. The molecule has 92 valence electrons. The quantitative estimate of drug-likeness (QED) is 0.873. The van der Waals surface area contributed by atoms with Crippen LogP contribution in [-0.4, -0.2) is 24.5 Å². The van der Waals surface area contributed by atoms with Crippen LogP contribution in [0.5, 0.6) is 0 Å². The van der Waals surface area contributed by atoms with Crippen LogP contribution in [0.4, 0.5) is 0 Å². The van der Waals surface area contributed by atoms with Gasteiger partial charge in [-0.05, 0) is 54.0 Å². The fourth-order valence-electron chi connectivity index (χ4n) is 1.48. The minimum atomic E-state index is 0.317. The molecule has 1 heterocycles. The lowest BCUT2D eigenvalue weighted by molar-refractivity contribution is 0.298. The highest BCUT2D eigenvalue weighted by atomic mass is 79.9. The van der Waals surface area contributed by atoms with E-state index < -0.39 is 0 Å². The lowest BCUT2D eigenvalue weighted by Gasteiger charge is -2.20. The van der Waals surface area contributed by atoms with Gasteiger partial charge in [0, 0.05) is 17.5 Å². The maximum absolute atomic E-state index is 6.03. The monoisotopic (exact) mass is 304 g/mol. The van der Waals surface area contributed by atoms with Crippen LogP contribution in [-0.2, 0) is 6.54 Å². The van der Waals surface area contributed by atoms with E-state index in [-0.39, 0.29) is 0 Å². The molecule has 1 aromatic rings. The average molecular weight is 305 g/mol. The van der Waals surface area contributed by atoms with Gasteiger partial charge in [-0.2, -0.15) is 0 Å². The van der Waals surface area contributed by atoms with Crippen LogP contribution in [0.3, 0.4) is 0 Å². The van der Waals surface area contributed by atoms with Crippen LogP contribution in [0.25, 0.3) is 0 Å². The summed E-state index contributed by atoms with van der Waals surface area (Å²) < 4.78 is 1.20. The average Bonchev–Trinajstić information content (AvgIpc) is 2.60. The van der Waals surface area contributed by atoms with Crippen molar-refractivity contribution < 1.29 is 0 Å². The van der Waals surface area contributed by atoms with E-state index in [4.69, 9.17) is 5.73 Å². The van der Waals surface area contributed by atoms with E-state index in [2.05, 4.69) is 53.9 Å². The highest BCUT2D eigenvalue weighted by Gasteiger charge is 2.09. The van der Waals surface area contributed by atoms with Crippen molar-refractivity contribution in [3.8, 4) is 0 Å². The third-order valence-corrected chi connectivity index (χ3v) is 4.36. The summed E-state index contributed by atoms with van der Waals surface area (Å²) in [7, 11) is 2.15. The Morgan fingerprint density at radius 2 is 2.12 bits per heavy atom. The molecule has 0 spiro atoms. The van der Waals surface area contributed by atoms with Gasteiger partial charge in [0.25, 0.3) is 0 Å². The summed E-state index contributed by atoms with van der Waals surface area (Å²) in [6, 6.07) is 4.60. The first kappa shape index (κ1) is 14.2. The summed E-state index contributed by atoms with van der Waals surface area (Å²) in [6.45, 7) is 6.44. The molecule has 2 nitrogen and oxygen atoms in total. The van der Waals surface area contributed by atoms with Crippen molar-refractivity contribution in [3.05, 3.63) is 20.8 Å². The van der Waals surface area contributed by atoms with Gasteiger partial charge < -0.3 is 10.6 Å². The van der Waals surface area contributed by atoms with Crippen LogP contribution in [0.1, 0.15) is 25.1 Å². The van der Waals surface area contributed by atoms with E-state index in [9.17, 15) is 0 Å². The Morgan fingerprint density at radius 1 is 1.44 bits per heavy atom. The number of hydrogen-bond acceptors (Lipinski definition) is 3. The smallest absolute Gasteiger partial charge is 0.0701 e. The van der Waals surface area contributed by atoms with Crippen molar-refractivity contribution in [1.82, 2.24) is 4.90 Å². The van der Waals surface area contributed by atoms with Crippen molar-refractivity contribution >= 4 is 27.3 Å². The molecule has 0 radical (unpaired) electrons. The van der Waals surface area contributed by atoms with E-state index >= 15 is 0 Å². The van der Waals surface area contributed by atoms with Crippen molar-refractivity contribution in [1.29, 1.82) is 0 Å². The Labute approximate surface area is 111 Å². The van der Waals surface area contributed by atoms with Crippen LogP contribution in [0, 0.1) is 5.92 Å². The highest BCUT2D eigenvalue weighted by Crippen LogP contribution is 2.23. The third-order valence-electron chi connectivity index (χ3n) is 2.76. The summed E-state index contributed by atoms with van der Waals surface area (Å²) >= 11 is 5.28. The van der Waals surface area contributed by atoms with Gasteiger partial charge in [0.1, 0.15) is 0 Å². The van der Waals surface area contributed by atoms with E-state index in [1.807, 2.05) is 0 Å². The number of halogens is 1. The number of nitrogens with two attached hydrogens (primary N) is 1. The highest BCUT2D eigenvalue weighted by molar-refractivity contribution is 9.11. The van der Waals surface area contributed by atoms with Gasteiger partial charge in [-0.15, -0.1) is 11.3 Å². The molecule has 0 saturated carbocycles. The molecule has 2 N–H and O–H groups in total. The van der Waals surface area contributed by atoms with Crippen LogP contribution >= 0.6 is 27.3 Å². The Hall–Kier alpha value is 0.1000. The van der Waals surface area contributed by atoms with Crippen LogP contribution in [0.15, 0.2) is 15.9 Å². The number of nitrogens with zero attached hydrogens (tertiary/aromatic N) is 1. The summed E-state index contributed by atoms with van der Waals surface area (Å²) in [5.41, 5.74) is 6.03. The fourth-order valence-corrected chi connectivity index (χ4v) is 3.05. The van der Waals surface area contributed by atoms with Gasteiger partial charge in [-0.25, -0.2) is 0 Å². The number of thiophene rings is 1. The maximum Gasteiger partial charge on any atom is 0.0701 e. The van der Waals surface area contributed by atoms with E-state index in [0.717, 1.165) is 19.5 Å². The molecular weight excluding hydrogens is 284 g/mol. The fraction of sp³-hybridized carbons (Fsp3) is 0.667. The molecule has 1 aromatic heterocycles. The molecule has 16 heavy (non-hydrogen) atoms. The molecule has 0 fully saturated rings. The normalized spacial score (nSPS) is 13.7. The minimum absolute atomic E-state index is 0.317. The zero-order chi connectivity index (χ0) is 12.1. The van der Waals surface area contributed by atoms with Gasteiger partial charge in [-0.3, -0.25) is 0 Å². The molecule has 0 amide bonds. The summed E-state index contributed by atoms with van der Waals surface area (Å²) in [6.07, 6.45) is 1.07. The summed E-state index contributed by atoms with van der Waals surface area (Å²) in [5.74, 6) is 0.573. The first-order valence-corrected chi connectivity index (χ1v) is 7.28. The lowest BCUT2D eigenvalue weighted by Crippen LogP contribution is -2.31. The van der Waals surface area contributed by atoms with Crippen LogP contribution < -0.4 is 5.73 Å². The Balaban J connectivity index is 2.28. The molecule has 0 aliphatic heterocycles. The maximum atomic E-state index is 6.03. The molecule has 0 aromatic carbocycles. The molecule has 0 aliphatic rings. The number of hydrogen-bond donors (Lipinski definition) is 1. The first-order valence-electron chi connectivity index (χ1n) is 5.67. The predicted octanol–water partition coefficient (Wildman–Crippen LogP) is 3.32. The van der Waals surface area contributed by atoms with Gasteiger partial charge in [-0.1, -0.05) is 13.8 Å². The largest absolute Gasteiger partial charge is 0.327 e. The molecule has 1 unspecified atom stereocenters. The second kappa shape index (κ2) is 6.74. The molecule has 1 rings (SSSR count). The molecule has 4 heteroatoms. The molecule has 1 atom stereocenters. The number of rotatable bonds is 6. The second-order valence-electron chi connectivity index (χ2n) is 4.64. The Bertz CT molecular complexity index is 312. The van der Waals surface area contributed by atoms with Crippen molar-refractivity contribution in [2.75, 3.05) is 13.6 Å². The Kier molecular flexibility index (Phi) is 5.97. The van der Waals surface area contributed by atoms with E-state index in [1.165, 1.54) is 8.66 Å². The zero-order valence-electron chi connectivity index (χ0n) is 10.2. The van der Waals surface area contributed by atoms with Gasteiger partial charge in [0.2, 0.25) is 0 Å². The van der Waals surface area contributed by atoms with Crippen LogP contribution in [0.2, 0.25) is 0 Å². The topological polar surface area (TPSA) is 29.3 Å². The van der Waals surface area contributed by atoms with E-state index in [1.54, 1.807) is 11.3 Å². The molecule has 0 bridgehead atoms. The van der Waals surface area contributed by atoms with Gasteiger partial charge in [0.15, 0.2) is 0 Å². The van der Waals surface area contributed by atoms with Gasteiger partial charge >= 0.3 is 0 Å². The SMILES string of the molecule is CC(C)C(N)CCN(C)Cc1ccc(Br)s1. The first-order chi connectivity index (χ1) is 7.49. The van der Waals surface area contributed by atoms with Crippen molar-refractivity contribution in [2.24, 2.45) is 11.7 Å².